The van der Waals surface area contributed by atoms with Crippen LogP contribution in [0.15, 0.2) is 29.3 Å². The average Bonchev–Trinajstić information content (AvgIpc) is 3.21. The van der Waals surface area contributed by atoms with Crippen molar-refractivity contribution in [1.29, 1.82) is 0 Å². The van der Waals surface area contributed by atoms with Crippen LogP contribution in [-0.2, 0) is 10.3 Å². The van der Waals surface area contributed by atoms with Gasteiger partial charge in [0.1, 0.15) is 18.0 Å². The Morgan fingerprint density at radius 1 is 1.24 bits per heavy atom. The van der Waals surface area contributed by atoms with E-state index in [2.05, 4.69) is 4.99 Å². The molecule has 2 atom stereocenters. The lowest BCUT2D eigenvalue weighted by atomic mass is 9.79. The zero-order chi connectivity index (χ0) is 15.3. The first-order chi connectivity index (χ1) is 9.84. The number of hydrogen-bond acceptors (Lipinski definition) is 4. The van der Waals surface area contributed by atoms with Gasteiger partial charge in [-0.15, -0.1) is 0 Å². The summed E-state index contributed by atoms with van der Waals surface area (Å²) in [5.41, 5.74) is 10.7. The molecule has 1 aliphatic heterocycles. The predicted octanol–water partition coefficient (Wildman–Crippen LogP) is 2.19. The first-order valence-corrected chi connectivity index (χ1v) is 6.72. The van der Waals surface area contributed by atoms with Crippen LogP contribution < -0.4 is 11.5 Å². The number of rotatable bonds is 2. The van der Waals surface area contributed by atoms with Crippen molar-refractivity contribution >= 4 is 11.5 Å². The van der Waals surface area contributed by atoms with Gasteiger partial charge in [0.15, 0.2) is 6.10 Å². The Balaban J connectivity index is 2.19. The third-order valence-corrected chi connectivity index (χ3v) is 3.97. The fraction of sp³-hybridized carbons (Fsp3) is 0.500. The fourth-order valence-corrected chi connectivity index (χ4v) is 3.04. The molecule has 2 unspecified atom stereocenters. The van der Waals surface area contributed by atoms with Crippen molar-refractivity contribution < 1.29 is 17.9 Å². The molecule has 0 saturated heterocycles. The highest BCUT2D eigenvalue weighted by molar-refractivity contribution is 5.83. The van der Waals surface area contributed by atoms with Crippen LogP contribution in [0.3, 0.4) is 0 Å². The van der Waals surface area contributed by atoms with Crippen LogP contribution in [0.1, 0.15) is 18.4 Å². The molecule has 1 aromatic rings. The van der Waals surface area contributed by atoms with E-state index in [0.717, 1.165) is 0 Å². The highest BCUT2D eigenvalue weighted by Gasteiger charge is 2.63. The van der Waals surface area contributed by atoms with Crippen LogP contribution >= 0.6 is 0 Å². The molecule has 0 radical (unpaired) electrons. The third kappa shape index (κ3) is 2.35. The maximum absolute atomic E-state index is 13.5. The highest BCUT2D eigenvalue weighted by atomic mass is 19.4. The summed E-state index contributed by atoms with van der Waals surface area (Å²) in [7, 11) is 0. The van der Waals surface area contributed by atoms with E-state index >= 15 is 0 Å². The van der Waals surface area contributed by atoms with Gasteiger partial charge in [-0.25, -0.2) is 0 Å². The third-order valence-electron chi connectivity index (χ3n) is 3.97. The smallest absolute Gasteiger partial charge is 0.399 e. The second-order valence-electron chi connectivity index (χ2n) is 5.56. The number of hydrogen-bond donors (Lipinski definition) is 2. The van der Waals surface area contributed by atoms with Gasteiger partial charge in [-0.05, 0) is 36.5 Å². The normalized spacial score (nSPS) is 30.0. The first kappa shape index (κ1) is 14.2. The van der Waals surface area contributed by atoms with Gasteiger partial charge in [-0.3, -0.25) is 4.99 Å². The van der Waals surface area contributed by atoms with Crippen molar-refractivity contribution in [2.24, 2.45) is 16.6 Å². The van der Waals surface area contributed by atoms with Gasteiger partial charge in [0.05, 0.1) is 0 Å². The molecule has 0 aromatic heterocycles. The minimum absolute atomic E-state index is 0.0878. The highest BCUT2D eigenvalue weighted by Crippen LogP contribution is 2.55. The van der Waals surface area contributed by atoms with Gasteiger partial charge >= 0.3 is 6.18 Å². The summed E-state index contributed by atoms with van der Waals surface area (Å²) in [6.07, 6.45) is -5.17. The van der Waals surface area contributed by atoms with Crippen LogP contribution in [0.2, 0.25) is 0 Å². The number of benzene rings is 1. The monoisotopic (exact) mass is 299 g/mol. The molecule has 1 fully saturated rings. The topological polar surface area (TPSA) is 73.6 Å². The number of aliphatic imine (C=N–C) groups is 1. The first-order valence-electron chi connectivity index (χ1n) is 6.72. The van der Waals surface area contributed by atoms with E-state index in [1.807, 2.05) is 0 Å². The maximum atomic E-state index is 13.5. The van der Waals surface area contributed by atoms with Crippen molar-refractivity contribution in [3.63, 3.8) is 0 Å². The lowest BCUT2D eigenvalue weighted by molar-refractivity contribution is -0.243. The van der Waals surface area contributed by atoms with Gasteiger partial charge in [0.2, 0.25) is 0 Å². The van der Waals surface area contributed by atoms with Crippen LogP contribution in [-0.4, -0.2) is 24.7 Å². The molecule has 0 bridgehead atoms. The number of ether oxygens (including phenoxy) is 1. The van der Waals surface area contributed by atoms with E-state index in [-0.39, 0.29) is 18.4 Å². The molecule has 4 N–H and O–H groups in total. The average molecular weight is 299 g/mol. The van der Waals surface area contributed by atoms with Crippen molar-refractivity contribution in [1.82, 2.24) is 0 Å². The molecule has 1 aliphatic carbocycles. The molecule has 4 nitrogen and oxygen atoms in total. The summed E-state index contributed by atoms with van der Waals surface area (Å²) in [6.45, 7) is -0.305. The number of halogens is 3. The predicted molar refractivity (Wildman–Crippen MR) is 72.7 cm³/mol. The number of nitrogens with zero attached hydrogens (tertiary/aromatic N) is 1. The van der Waals surface area contributed by atoms with Gasteiger partial charge in [0, 0.05) is 5.69 Å². The second kappa shape index (κ2) is 4.62. The molecule has 1 aromatic carbocycles. The summed E-state index contributed by atoms with van der Waals surface area (Å²) >= 11 is 0. The van der Waals surface area contributed by atoms with Gasteiger partial charge < -0.3 is 16.2 Å². The molecule has 1 saturated carbocycles. The van der Waals surface area contributed by atoms with E-state index in [0.29, 0.717) is 24.1 Å². The summed E-state index contributed by atoms with van der Waals surface area (Å²) in [5, 5.41) is 0. The molecule has 2 aliphatic rings. The van der Waals surface area contributed by atoms with Crippen molar-refractivity contribution in [3.8, 4) is 0 Å². The van der Waals surface area contributed by atoms with E-state index < -0.39 is 17.8 Å². The molecular formula is C14H16F3N3O. The van der Waals surface area contributed by atoms with Gasteiger partial charge in [-0.1, -0.05) is 12.1 Å². The van der Waals surface area contributed by atoms with Crippen molar-refractivity contribution in [3.05, 3.63) is 29.8 Å². The molecule has 1 heterocycles. The maximum Gasteiger partial charge on any atom is 0.417 e. The Hall–Kier alpha value is -1.76. The lowest BCUT2D eigenvalue weighted by Crippen LogP contribution is -2.55. The Morgan fingerprint density at radius 2 is 1.95 bits per heavy atom. The second-order valence-corrected chi connectivity index (χ2v) is 5.56. The molecular weight excluding hydrogens is 283 g/mol. The van der Waals surface area contributed by atoms with Crippen LogP contribution in [0.5, 0.6) is 0 Å². The number of anilines is 1. The quantitative estimate of drug-likeness (QED) is 0.822. The van der Waals surface area contributed by atoms with Crippen molar-refractivity contribution in [2.45, 2.75) is 30.7 Å². The summed E-state index contributed by atoms with van der Waals surface area (Å²) in [4.78, 5) is 4.23. The number of alkyl halides is 3. The van der Waals surface area contributed by atoms with E-state index in [1.165, 1.54) is 6.07 Å². The largest absolute Gasteiger partial charge is 0.417 e. The molecule has 21 heavy (non-hydrogen) atoms. The summed E-state index contributed by atoms with van der Waals surface area (Å²) in [5.74, 6) is -0.144. The zero-order valence-electron chi connectivity index (χ0n) is 11.2. The number of amidine groups is 1. The Morgan fingerprint density at radius 3 is 2.52 bits per heavy atom. The number of nitrogens with two attached hydrogens (primary N) is 2. The van der Waals surface area contributed by atoms with Crippen molar-refractivity contribution in [2.75, 3.05) is 12.3 Å². The molecule has 0 amide bonds. The lowest BCUT2D eigenvalue weighted by Gasteiger charge is -2.42. The molecule has 114 valence electrons. The zero-order valence-corrected chi connectivity index (χ0v) is 11.2. The molecule has 0 spiro atoms. The van der Waals surface area contributed by atoms with E-state index in [1.54, 1.807) is 18.2 Å². The molecule has 3 rings (SSSR count). The minimum atomic E-state index is -4.52. The Kier molecular flexibility index (Phi) is 3.12. The minimum Gasteiger partial charge on any atom is -0.399 e. The van der Waals surface area contributed by atoms with Crippen LogP contribution in [0.4, 0.5) is 18.9 Å². The van der Waals surface area contributed by atoms with Gasteiger partial charge in [0.25, 0.3) is 0 Å². The SMILES string of the molecule is NC1=NC(c2cccc(N)c2)(C2CC2)C(C(F)(F)F)OC1. The van der Waals surface area contributed by atoms with E-state index in [9.17, 15) is 13.2 Å². The van der Waals surface area contributed by atoms with Crippen LogP contribution in [0, 0.1) is 5.92 Å². The molecule has 7 heteroatoms. The Labute approximate surface area is 120 Å². The fourth-order valence-electron chi connectivity index (χ4n) is 3.04. The van der Waals surface area contributed by atoms with Crippen LogP contribution in [0.25, 0.3) is 0 Å². The van der Waals surface area contributed by atoms with Gasteiger partial charge in [-0.2, -0.15) is 13.2 Å². The summed E-state index contributed by atoms with van der Waals surface area (Å²) in [6, 6.07) is 6.40. The number of nitrogen functional groups attached to an aromatic ring is 1. The van der Waals surface area contributed by atoms with E-state index in [4.69, 9.17) is 16.2 Å². The summed E-state index contributed by atoms with van der Waals surface area (Å²) < 4.78 is 45.5. The standard InChI is InChI=1S/C14H16F3N3O/c15-14(16,17)12-13(8-4-5-8,20-11(19)7-21-12)9-2-1-3-10(18)6-9/h1-3,6,8,12H,4-5,7,18H2,(H2,19,20). The Bertz CT molecular complexity index is 583.